The van der Waals surface area contributed by atoms with E-state index in [-0.39, 0.29) is 11.7 Å². The summed E-state index contributed by atoms with van der Waals surface area (Å²) in [6.07, 6.45) is 0. The standard InChI is InChI=1S/C10H10F3NO/c11-9-3-7(15-10(12)13)1-2-8(9)6-4-14-5-6/h1-3,6,10,14H,4-5H2. The van der Waals surface area contributed by atoms with E-state index in [4.69, 9.17) is 0 Å². The minimum atomic E-state index is -2.92. The van der Waals surface area contributed by atoms with Crippen LogP contribution in [0, 0.1) is 5.82 Å². The highest BCUT2D eigenvalue weighted by atomic mass is 19.3. The zero-order valence-electron chi connectivity index (χ0n) is 7.84. The molecule has 0 atom stereocenters. The van der Waals surface area contributed by atoms with Gasteiger partial charge in [-0.15, -0.1) is 0 Å². The highest BCUT2D eigenvalue weighted by Crippen LogP contribution is 2.26. The number of halogens is 3. The fourth-order valence-electron chi connectivity index (χ4n) is 1.52. The van der Waals surface area contributed by atoms with Crippen LogP contribution in [0.1, 0.15) is 11.5 Å². The van der Waals surface area contributed by atoms with Gasteiger partial charge in [0.15, 0.2) is 0 Å². The summed E-state index contributed by atoms with van der Waals surface area (Å²) in [5.74, 6) is -0.483. The molecule has 1 aromatic carbocycles. The molecule has 0 radical (unpaired) electrons. The second-order valence-corrected chi connectivity index (χ2v) is 3.42. The third kappa shape index (κ3) is 2.23. The molecule has 0 aromatic heterocycles. The Hall–Kier alpha value is -1.23. The topological polar surface area (TPSA) is 21.3 Å². The summed E-state index contributed by atoms with van der Waals surface area (Å²) in [4.78, 5) is 0. The summed E-state index contributed by atoms with van der Waals surface area (Å²) in [7, 11) is 0. The van der Waals surface area contributed by atoms with Gasteiger partial charge in [-0.2, -0.15) is 8.78 Å². The zero-order chi connectivity index (χ0) is 10.8. The zero-order valence-corrected chi connectivity index (χ0v) is 7.84. The van der Waals surface area contributed by atoms with E-state index in [1.54, 1.807) is 0 Å². The van der Waals surface area contributed by atoms with Gasteiger partial charge >= 0.3 is 6.61 Å². The van der Waals surface area contributed by atoms with Gasteiger partial charge < -0.3 is 10.1 Å². The maximum atomic E-state index is 13.4. The lowest BCUT2D eigenvalue weighted by Crippen LogP contribution is -2.40. The Balaban J connectivity index is 2.14. The lowest BCUT2D eigenvalue weighted by molar-refractivity contribution is -0.0500. The second kappa shape index (κ2) is 4.10. The molecule has 82 valence electrons. The normalized spacial score (nSPS) is 16.5. The van der Waals surface area contributed by atoms with Crippen LogP contribution in [0.2, 0.25) is 0 Å². The molecule has 1 aliphatic rings. The Labute approximate surface area is 85.0 Å². The molecular formula is C10H10F3NO. The van der Waals surface area contributed by atoms with Crippen LogP contribution in [0.15, 0.2) is 18.2 Å². The fraction of sp³-hybridized carbons (Fsp3) is 0.400. The first-order valence-corrected chi connectivity index (χ1v) is 4.62. The van der Waals surface area contributed by atoms with Crippen LogP contribution < -0.4 is 10.1 Å². The first kappa shape index (κ1) is 10.3. The van der Waals surface area contributed by atoms with E-state index in [0.717, 1.165) is 19.2 Å². The Morgan fingerprint density at radius 2 is 2.07 bits per heavy atom. The molecule has 1 aliphatic heterocycles. The molecule has 1 heterocycles. The molecule has 15 heavy (non-hydrogen) atoms. The maximum absolute atomic E-state index is 13.4. The van der Waals surface area contributed by atoms with Crippen molar-refractivity contribution in [3.05, 3.63) is 29.6 Å². The summed E-state index contributed by atoms with van der Waals surface area (Å²) in [5.41, 5.74) is 0.551. The van der Waals surface area contributed by atoms with Crippen molar-refractivity contribution in [3.63, 3.8) is 0 Å². The van der Waals surface area contributed by atoms with Crippen LogP contribution in [0.3, 0.4) is 0 Å². The first-order valence-electron chi connectivity index (χ1n) is 4.62. The van der Waals surface area contributed by atoms with E-state index in [1.807, 2.05) is 0 Å². The summed E-state index contributed by atoms with van der Waals surface area (Å²) in [6.45, 7) is -1.46. The van der Waals surface area contributed by atoms with Gasteiger partial charge in [0.2, 0.25) is 0 Å². The number of rotatable bonds is 3. The molecule has 1 N–H and O–H groups in total. The number of benzene rings is 1. The van der Waals surface area contributed by atoms with Crippen molar-refractivity contribution in [2.24, 2.45) is 0 Å². The van der Waals surface area contributed by atoms with Crippen molar-refractivity contribution in [2.75, 3.05) is 13.1 Å². The van der Waals surface area contributed by atoms with E-state index < -0.39 is 12.4 Å². The molecule has 0 aliphatic carbocycles. The average molecular weight is 217 g/mol. The van der Waals surface area contributed by atoms with Crippen molar-refractivity contribution in [3.8, 4) is 5.75 Å². The quantitative estimate of drug-likeness (QED) is 0.837. The van der Waals surface area contributed by atoms with Crippen molar-refractivity contribution in [1.82, 2.24) is 5.32 Å². The Morgan fingerprint density at radius 1 is 1.33 bits per heavy atom. The number of alkyl halides is 2. The molecule has 5 heteroatoms. The van der Waals surface area contributed by atoms with Gasteiger partial charge in [-0.05, 0) is 11.6 Å². The van der Waals surface area contributed by atoms with Crippen molar-refractivity contribution in [2.45, 2.75) is 12.5 Å². The minimum absolute atomic E-state index is 0.140. The molecule has 0 amide bonds. The van der Waals surface area contributed by atoms with E-state index >= 15 is 0 Å². The Bertz CT molecular complexity index is 353. The third-order valence-corrected chi connectivity index (χ3v) is 2.42. The van der Waals surface area contributed by atoms with Crippen LogP contribution in [-0.2, 0) is 0 Å². The maximum Gasteiger partial charge on any atom is 0.387 e. The minimum Gasteiger partial charge on any atom is -0.435 e. The van der Waals surface area contributed by atoms with Crippen molar-refractivity contribution in [1.29, 1.82) is 0 Å². The van der Waals surface area contributed by atoms with Crippen molar-refractivity contribution < 1.29 is 17.9 Å². The average Bonchev–Trinajstić information content (AvgIpc) is 2.05. The van der Waals surface area contributed by atoms with Gasteiger partial charge in [-0.3, -0.25) is 0 Å². The first-order chi connectivity index (χ1) is 7.16. The summed E-state index contributed by atoms with van der Waals surface area (Å²) in [6, 6.07) is 3.86. The van der Waals surface area contributed by atoms with Crippen LogP contribution in [0.25, 0.3) is 0 Å². The summed E-state index contributed by atoms with van der Waals surface area (Å²) < 4.78 is 41.2. The highest BCUT2D eigenvalue weighted by molar-refractivity contribution is 5.32. The molecular weight excluding hydrogens is 207 g/mol. The van der Waals surface area contributed by atoms with E-state index in [9.17, 15) is 13.2 Å². The van der Waals surface area contributed by atoms with Crippen LogP contribution in [0.4, 0.5) is 13.2 Å². The van der Waals surface area contributed by atoms with Gasteiger partial charge in [-0.1, -0.05) is 6.07 Å². The molecule has 2 nitrogen and oxygen atoms in total. The summed E-state index contributed by atoms with van der Waals surface area (Å²) in [5, 5.41) is 3.02. The van der Waals surface area contributed by atoms with Crippen molar-refractivity contribution >= 4 is 0 Å². The molecule has 0 bridgehead atoms. The van der Waals surface area contributed by atoms with E-state index in [1.165, 1.54) is 12.1 Å². The number of hydrogen-bond acceptors (Lipinski definition) is 2. The summed E-state index contributed by atoms with van der Waals surface area (Å²) >= 11 is 0. The molecule has 1 fully saturated rings. The van der Waals surface area contributed by atoms with E-state index in [0.29, 0.717) is 5.56 Å². The monoisotopic (exact) mass is 217 g/mol. The Kier molecular flexibility index (Phi) is 2.81. The molecule has 1 aromatic rings. The lowest BCUT2D eigenvalue weighted by atomic mass is 9.93. The molecule has 0 spiro atoms. The van der Waals surface area contributed by atoms with Gasteiger partial charge in [0, 0.05) is 25.1 Å². The molecule has 2 rings (SSSR count). The predicted octanol–water partition coefficient (Wildman–Crippen LogP) is 2.11. The molecule has 0 saturated carbocycles. The van der Waals surface area contributed by atoms with Crippen LogP contribution in [0.5, 0.6) is 5.75 Å². The SMILES string of the molecule is Fc1cc(OC(F)F)ccc1C1CNC1. The van der Waals surface area contributed by atoms with Crippen LogP contribution in [-0.4, -0.2) is 19.7 Å². The number of hydrogen-bond donors (Lipinski definition) is 1. The number of nitrogens with one attached hydrogen (secondary N) is 1. The largest absolute Gasteiger partial charge is 0.435 e. The van der Waals surface area contributed by atoms with Gasteiger partial charge in [0.25, 0.3) is 0 Å². The molecule has 0 unspecified atom stereocenters. The Morgan fingerprint density at radius 3 is 2.53 bits per heavy atom. The highest BCUT2D eigenvalue weighted by Gasteiger charge is 2.22. The molecule has 1 saturated heterocycles. The van der Waals surface area contributed by atoms with Gasteiger partial charge in [0.05, 0.1) is 0 Å². The van der Waals surface area contributed by atoms with Gasteiger partial charge in [-0.25, -0.2) is 4.39 Å². The smallest absolute Gasteiger partial charge is 0.387 e. The second-order valence-electron chi connectivity index (χ2n) is 3.42. The number of ether oxygens (including phenoxy) is 1. The predicted molar refractivity (Wildman–Crippen MR) is 48.6 cm³/mol. The van der Waals surface area contributed by atoms with E-state index in [2.05, 4.69) is 10.1 Å². The van der Waals surface area contributed by atoms with Crippen LogP contribution >= 0.6 is 0 Å². The third-order valence-electron chi connectivity index (χ3n) is 2.42. The lowest BCUT2D eigenvalue weighted by Gasteiger charge is -2.27. The fourth-order valence-corrected chi connectivity index (χ4v) is 1.52. The van der Waals surface area contributed by atoms with Gasteiger partial charge in [0.1, 0.15) is 11.6 Å².